The van der Waals surface area contributed by atoms with Crippen LogP contribution in [0, 0.1) is 0 Å². The Kier molecular flexibility index (Phi) is 6.61. The lowest BCUT2D eigenvalue weighted by Gasteiger charge is -2.17. The van der Waals surface area contributed by atoms with Crippen LogP contribution < -0.4 is 19.6 Å². The molecule has 0 bridgehead atoms. The number of hydrogen-bond acceptors (Lipinski definition) is 7. The van der Waals surface area contributed by atoms with Gasteiger partial charge in [-0.15, -0.1) is 0 Å². The number of fused-ring (bicyclic) bond motifs is 1. The summed E-state index contributed by atoms with van der Waals surface area (Å²) in [5.74, 6) is 1.17. The number of methoxy groups -OCH3 is 1. The molecule has 2 aromatic carbocycles. The van der Waals surface area contributed by atoms with Gasteiger partial charge in [-0.2, -0.15) is 0 Å². The smallest absolute Gasteiger partial charge is 0.347 e. The molecule has 0 aliphatic carbocycles. The van der Waals surface area contributed by atoms with Gasteiger partial charge >= 0.3 is 5.97 Å². The van der Waals surface area contributed by atoms with E-state index in [0.717, 1.165) is 6.42 Å². The van der Waals surface area contributed by atoms with E-state index in [4.69, 9.17) is 23.4 Å². The zero-order valence-electron chi connectivity index (χ0n) is 17.3. The Labute approximate surface area is 174 Å². The monoisotopic (exact) mass is 412 g/mol. The summed E-state index contributed by atoms with van der Waals surface area (Å²) >= 11 is 0. The van der Waals surface area contributed by atoms with Crippen molar-refractivity contribution in [2.24, 2.45) is 0 Å². The minimum atomic E-state index is -0.791. The van der Waals surface area contributed by atoms with Crippen molar-refractivity contribution in [3.8, 4) is 23.0 Å². The first kappa shape index (κ1) is 21.2. The third-order valence-corrected chi connectivity index (χ3v) is 4.54. The minimum Gasteiger partial charge on any atom is -0.497 e. The fourth-order valence-corrected chi connectivity index (χ4v) is 2.64. The maximum absolute atomic E-state index is 12.7. The highest BCUT2D eigenvalue weighted by Gasteiger charge is 2.19. The van der Waals surface area contributed by atoms with E-state index in [2.05, 4.69) is 0 Å². The number of carbonyl (C=O) groups is 1. The van der Waals surface area contributed by atoms with Gasteiger partial charge in [-0.3, -0.25) is 4.79 Å². The highest BCUT2D eigenvalue weighted by Crippen LogP contribution is 2.25. The van der Waals surface area contributed by atoms with Gasteiger partial charge in [-0.25, -0.2) is 4.79 Å². The molecule has 1 aromatic heterocycles. The molecule has 1 heterocycles. The average molecular weight is 412 g/mol. The Balaban J connectivity index is 1.77. The van der Waals surface area contributed by atoms with Crippen LogP contribution >= 0.6 is 0 Å². The molecule has 0 spiro atoms. The van der Waals surface area contributed by atoms with Crippen LogP contribution in [-0.4, -0.2) is 25.3 Å². The van der Waals surface area contributed by atoms with Gasteiger partial charge in [0.2, 0.25) is 11.2 Å². The summed E-state index contributed by atoms with van der Waals surface area (Å²) < 4.78 is 27.2. The molecule has 3 aromatic rings. The molecule has 0 aliphatic heterocycles. The van der Waals surface area contributed by atoms with E-state index in [9.17, 15) is 9.59 Å². The third kappa shape index (κ3) is 4.92. The lowest BCUT2D eigenvalue weighted by molar-refractivity contribution is -0.155. The number of esters is 1. The van der Waals surface area contributed by atoms with Crippen LogP contribution in [0.15, 0.2) is 57.9 Å². The van der Waals surface area contributed by atoms with Crippen LogP contribution in [0.1, 0.15) is 27.2 Å². The van der Waals surface area contributed by atoms with E-state index in [0.29, 0.717) is 28.2 Å². The molecule has 3 rings (SSSR count). The molecule has 30 heavy (non-hydrogen) atoms. The van der Waals surface area contributed by atoms with Crippen molar-refractivity contribution < 1.29 is 28.2 Å². The number of hydrogen-bond donors (Lipinski definition) is 0. The van der Waals surface area contributed by atoms with Crippen molar-refractivity contribution in [3.05, 3.63) is 59.0 Å². The van der Waals surface area contributed by atoms with Gasteiger partial charge in [-0.05, 0) is 56.7 Å². The Morgan fingerprint density at radius 1 is 1.03 bits per heavy atom. The Morgan fingerprint density at radius 2 is 1.70 bits per heavy atom. The molecular formula is C23H24O7. The number of rotatable bonds is 8. The molecular weight excluding hydrogens is 388 g/mol. The van der Waals surface area contributed by atoms with Gasteiger partial charge in [0, 0.05) is 6.07 Å². The van der Waals surface area contributed by atoms with Gasteiger partial charge < -0.3 is 23.4 Å². The molecule has 0 N–H and O–H groups in total. The van der Waals surface area contributed by atoms with E-state index < -0.39 is 12.1 Å². The standard InChI is InChI=1S/C23H24O7/c1-5-14(2)28-23(25)15(3)29-18-10-11-19-20(12-18)27-13-21(22(19)24)30-17-8-6-16(26-4)7-9-17/h6-15H,5H2,1-4H3/t14-,15+/m1/s1. The zero-order chi connectivity index (χ0) is 21.7. The van der Waals surface area contributed by atoms with E-state index in [-0.39, 0.29) is 17.3 Å². The summed E-state index contributed by atoms with van der Waals surface area (Å²) in [6, 6.07) is 11.6. The van der Waals surface area contributed by atoms with Crippen LogP contribution in [0.25, 0.3) is 11.0 Å². The molecule has 2 atom stereocenters. The fourth-order valence-electron chi connectivity index (χ4n) is 2.64. The lowest BCUT2D eigenvalue weighted by atomic mass is 10.2. The van der Waals surface area contributed by atoms with Crippen molar-refractivity contribution >= 4 is 16.9 Å². The topological polar surface area (TPSA) is 84.2 Å². The van der Waals surface area contributed by atoms with Crippen molar-refractivity contribution in [3.63, 3.8) is 0 Å². The van der Waals surface area contributed by atoms with E-state index in [1.165, 1.54) is 6.26 Å². The van der Waals surface area contributed by atoms with Gasteiger partial charge in [-0.1, -0.05) is 6.92 Å². The normalized spacial score (nSPS) is 12.8. The molecule has 0 unspecified atom stereocenters. The van der Waals surface area contributed by atoms with Crippen molar-refractivity contribution in [1.29, 1.82) is 0 Å². The predicted octanol–water partition coefficient (Wildman–Crippen LogP) is 4.70. The van der Waals surface area contributed by atoms with Gasteiger partial charge in [0.15, 0.2) is 6.10 Å². The Morgan fingerprint density at radius 3 is 2.37 bits per heavy atom. The molecule has 0 saturated carbocycles. The first-order valence-electron chi connectivity index (χ1n) is 9.66. The largest absolute Gasteiger partial charge is 0.497 e. The summed E-state index contributed by atoms with van der Waals surface area (Å²) in [4.78, 5) is 24.8. The maximum Gasteiger partial charge on any atom is 0.347 e. The van der Waals surface area contributed by atoms with Crippen molar-refractivity contribution in [2.75, 3.05) is 7.11 Å². The molecule has 0 saturated heterocycles. The van der Waals surface area contributed by atoms with E-state index in [1.807, 2.05) is 13.8 Å². The predicted molar refractivity (Wildman–Crippen MR) is 111 cm³/mol. The lowest BCUT2D eigenvalue weighted by Crippen LogP contribution is -2.29. The average Bonchev–Trinajstić information content (AvgIpc) is 2.76. The minimum absolute atomic E-state index is 0.0619. The second-order valence-corrected chi connectivity index (χ2v) is 6.78. The highest BCUT2D eigenvalue weighted by atomic mass is 16.6. The van der Waals surface area contributed by atoms with Crippen LogP contribution in [0.2, 0.25) is 0 Å². The zero-order valence-corrected chi connectivity index (χ0v) is 17.3. The van der Waals surface area contributed by atoms with Gasteiger partial charge in [0.1, 0.15) is 29.1 Å². The summed E-state index contributed by atoms with van der Waals surface area (Å²) in [6.45, 7) is 5.36. The molecule has 0 radical (unpaired) electrons. The molecule has 0 aliphatic rings. The highest BCUT2D eigenvalue weighted by molar-refractivity contribution is 5.79. The van der Waals surface area contributed by atoms with Crippen LogP contribution in [0.3, 0.4) is 0 Å². The summed E-state index contributed by atoms with van der Waals surface area (Å²) in [5, 5.41) is 0.336. The van der Waals surface area contributed by atoms with Crippen LogP contribution in [0.5, 0.6) is 23.0 Å². The van der Waals surface area contributed by atoms with E-state index in [1.54, 1.807) is 56.5 Å². The second kappa shape index (κ2) is 9.35. The number of ether oxygens (including phenoxy) is 4. The summed E-state index contributed by atoms with van der Waals surface area (Å²) in [5.41, 5.74) is 0.00456. The summed E-state index contributed by atoms with van der Waals surface area (Å²) in [6.07, 6.45) is 1.00. The van der Waals surface area contributed by atoms with Gasteiger partial charge in [0.25, 0.3) is 0 Å². The SMILES string of the molecule is CC[C@@H](C)OC(=O)[C@H](C)Oc1ccc2c(=O)c(Oc3ccc(OC)cc3)coc2c1. The summed E-state index contributed by atoms with van der Waals surface area (Å²) in [7, 11) is 1.57. The first-order chi connectivity index (χ1) is 14.4. The first-order valence-corrected chi connectivity index (χ1v) is 9.66. The molecule has 0 fully saturated rings. The van der Waals surface area contributed by atoms with Gasteiger partial charge in [0.05, 0.1) is 18.6 Å². The Hall–Kier alpha value is -3.48. The number of carbonyl (C=O) groups excluding carboxylic acids is 1. The number of benzene rings is 2. The molecule has 0 amide bonds. The van der Waals surface area contributed by atoms with Crippen molar-refractivity contribution in [2.45, 2.75) is 39.4 Å². The third-order valence-electron chi connectivity index (χ3n) is 4.54. The van der Waals surface area contributed by atoms with Crippen LogP contribution in [-0.2, 0) is 9.53 Å². The maximum atomic E-state index is 12.7. The van der Waals surface area contributed by atoms with E-state index >= 15 is 0 Å². The Bertz CT molecular complexity index is 1070. The fraction of sp³-hybridized carbons (Fsp3) is 0.304. The van der Waals surface area contributed by atoms with Crippen LogP contribution in [0.4, 0.5) is 0 Å². The quantitative estimate of drug-likeness (QED) is 0.496. The molecule has 7 nitrogen and oxygen atoms in total. The van der Waals surface area contributed by atoms with Crippen molar-refractivity contribution in [1.82, 2.24) is 0 Å². The second-order valence-electron chi connectivity index (χ2n) is 6.78. The molecule has 158 valence electrons. The molecule has 7 heteroatoms.